The highest BCUT2D eigenvalue weighted by Gasteiger charge is 2.14. The van der Waals surface area contributed by atoms with E-state index in [1.54, 1.807) is 18.3 Å². The summed E-state index contributed by atoms with van der Waals surface area (Å²) in [6, 6.07) is 5.64. The molecule has 0 aliphatic rings. The summed E-state index contributed by atoms with van der Waals surface area (Å²) >= 11 is 1.51. The first-order valence-electron chi connectivity index (χ1n) is 6.92. The van der Waals surface area contributed by atoms with Crippen LogP contribution in [0.2, 0.25) is 0 Å². The lowest BCUT2D eigenvalue weighted by Gasteiger charge is -2.11. The van der Waals surface area contributed by atoms with Gasteiger partial charge in [0.2, 0.25) is 5.91 Å². The van der Waals surface area contributed by atoms with Gasteiger partial charge in [0.05, 0.1) is 5.03 Å². The Kier molecular flexibility index (Phi) is 5.33. The fourth-order valence-corrected chi connectivity index (χ4v) is 2.56. The first-order chi connectivity index (χ1) is 10.9. The number of anilines is 1. The van der Waals surface area contributed by atoms with Crippen LogP contribution >= 0.6 is 11.8 Å². The Bertz CT molecular complexity index is 765. The van der Waals surface area contributed by atoms with E-state index in [2.05, 4.69) is 10.3 Å². The number of aromatic nitrogens is 1. The largest absolute Gasteiger partial charge is 0.366 e. The van der Waals surface area contributed by atoms with E-state index in [1.807, 2.05) is 6.92 Å². The molecular formula is C16H16FN3O2S. The van der Waals surface area contributed by atoms with Gasteiger partial charge in [-0.25, -0.2) is 9.37 Å². The Labute approximate surface area is 137 Å². The minimum atomic E-state index is -0.759. The Morgan fingerprint density at radius 3 is 2.70 bits per heavy atom. The van der Waals surface area contributed by atoms with Gasteiger partial charge in [-0.05, 0) is 36.9 Å². The van der Waals surface area contributed by atoms with E-state index in [1.165, 1.54) is 24.8 Å². The molecule has 7 heteroatoms. The number of hydrogen-bond acceptors (Lipinski definition) is 4. The molecule has 0 bridgehead atoms. The smallest absolute Gasteiger partial charge is 0.255 e. The number of carbonyl (C=O) groups is 2. The van der Waals surface area contributed by atoms with E-state index in [9.17, 15) is 14.0 Å². The molecule has 1 heterocycles. The van der Waals surface area contributed by atoms with Crippen molar-refractivity contribution in [1.82, 2.24) is 4.98 Å². The van der Waals surface area contributed by atoms with Gasteiger partial charge in [-0.1, -0.05) is 6.92 Å². The third kappa shape index (κ3) is 4.07. The first-order valence-corrected chi connectivity index (χ1v) is 7.91. The maximum atomic E-state index is 13.8. The van der Waals surface area contributed by atoms with Crippen molar-refractivity contribution in [2.45, 2.75) is 18.9 Å². The summed E-state index contributed by atoms with van der Waals surface area (Å²) in [5.41, 5.74) is 6.02. The predicted molar refractivity (Wildman–Crippen MR) is 88.2 cm³/mol. The molecule has 1 aromatic heterocycles. The maximum absolute atomic E-state index is 13.8. The molecule has 3 N–H and O–H groups in total. The SMILES string of the molecule is CCSc1cc(C(=O)Nc2cc(C(N)=O)cc(F)c2C)ccn1. The van der Waals surface area contributed by atoms with Crippen molar-refractivity contribution in [2.75, 3.05) is 11.1 Å². The van der Waals surface area contributed by atoms with Crippen LogP contribution in [0.5, 0.6) is 0 Å². The minimum Gasteiger partial charge on any atom is -0.366 e. The number of primary amides is 1. The summed E-state index contributed by atoms with van der Waals surface area (Å²) < 4.78 is 13.8. The van der Waals surface area contributed by atoms with Crippen molar-refractivity contribution in [3.05, 3.63) is 53.0 Å². The Hall–Kier alpha value is -2.41. The quantitative estimate of drug-likeness (QED) is 0.824. The lowest BCUT2D eigenvalue weighted by molar-refractivity contribution is 0.0995. The van der Waals surface area contributed by atoms with Gasteiger partial charge in [0.1, 0.15) is 5.82 Å². The molecule has 0 spiro atoms. The zero-order chi connectivity index (χ0) is 17.0. The van der Waals surface area contributed by atoms with Gasteiger partial charge in [0, 0.05) is 28.6 Å². The van der Waals surface area contributed by atoms with Crippen molar-refractivity contribution in [2.24, 2.45) is 5.73 Å². The molecule has 0 aliphatic heterocycles. The van der Waals surface area contributed by atoms with Gasteiger partial charge in [-0.3, -0.25) is 9.59 Å². The van der Waals surface area contributed by atoms with E-state index in [-0.39, 0.29) is 16.8 Å². The van der Waals surface area contributed by atoms with Gasteiger partial charge < -0.3 is 11.1 Å². The molecule has 0 aliphatic carbocycles. The fraction of sp³-hybridized carbons (Fsp3) is 0.188. The maximum Gasteiger partial charge on any atom is 0.255 e. The van der Waals surface area contributed by atoms with Crippen LogP contribution in [0.25, 0.3) is 0 Å². The van der Waals surface area contributed by atoms with Crippen LogP contribution in [0.1, 0.15) is 33.2 Å². The van der Waals surface area contributed by atoms with Crippen molar-refractivity contribution in [1.29, 1.82) is 0 Å². The summed E-state index contributed by atoms with van der Waals surface area (Å²) in [5, 5.41) is 3.34. The second-order valence-corrected chi connectivity index (χ2v) is 6.05. The Balaban J connectivity index is 2.30. The average Bonchev–Trinajstić information content (AvgIpc) is 2.52. The molecule has 0 atom stereocenters. The second-order valence-electron chi connectivity index (χ2n) is 4.76. The number of amides is 2. The summed E-state index contributed by atoms with van der Waals surface area (Å²) in [4.78, 5) is 27.7. The third-order valence-corrected chi connectivity index (χ3v) is 3.97. The molecule has 2 amide bonds. The van der Waals surface area contributed by atoms with Crippen LogP contribution in [-0.2, 0) is 0 Å². The number of nitrogens with zero attached hydrogens (tertiary/aromatic N) is 1. The molecule has 0 saturated heterocycles. The normalized spacial score (nSPS) is 10.4. The highest BCUT2D eigenvalue weighted by atomic mass is 32.2. The summed E-state index contributed by atoms with van der Waals surface area (Å²) in [5.74, 6) is -0.934. The van der Waals surface area contributed by atoms with Crippen LogP contribution < -0.4 is 11.1 Å². The highest BCUT2D eigenvalue weighted by molar-refractivity contribution is 7.99. The number of benzene rings is 1. The Morgan fingerprint density at radius 1 is 1.30 bits per heavy atom. The van der Waals surface area contributed by atoms with E-state index < -0.39 is 17.6 Å². The zero-order valence-electron chi connectivity index (χ0n) is 12.7. The topological polar surface area (TPSA) is 85.1 Å². The number of nitrogens with one attached hydrogen (secondary N) is 1. The van der Waals surface area contributed by atoms with E-state index in [0.29, 0.717) is 5.56 Å². The molecule has 120 valence electrons. The van der Waals surface area contributed by atoms with Crippen LogP contribution in [0.4, 0.5) is 10.1 Å². The molecule has 0 saturated carbocycles. The number of halogens is 1. The zero-order valence-corrected chi connectivity index (χ0v) is 13.5. The summed E-state index contributed by atoms with van der Waals surface area (Å²) in [7, 11) is 0. The molecule has 1 aromatic carbocycles. The molecule has 0 radical (unpaired) electrons. The van der Waals surface area contributed by atoms with E-state index in [0.717, 1.165) is 16.8 Å². The van der Waals surface area contributed by atoms with Gasteiger partial charge >= 0.3 is 0 Å². The Morgan fingerprint density at radius 2 is 2.04 bits per heavy atom. The summed E-state index contributed by atoms with van der Waals surface area (Å²) in [6.07, 6.45) is 1.54. The number of hydrogen-bond donors (Lipinski definition) is 2. The third-order valence-electron chi connectivity index (χ3n) is 3.17. The predicted octanol–water partition coefficient (Wildman–Crippen LogP) is 2.99. The lowest BCUT2D eigenvalue weighted by Crippen LogP contribution is -2.16. The van der Waals surface area contributed by atoms with Crippen LogP contribution in [0.3, 0.4) is 0 Å². The number of pyridine rings is 1. The first kappa shape index (κ1) is 17.0. The second kappa shape index (κ2) is 7.23. The lowest BCUT2D eigenvalue weighted by atomic mass is 10.1. The number of carbonyl (C=O) groups excluding carboxylic acids is 2. The molecule has 23 heavy (non-hydrogen) atoms. The molecule has 5 nitrogen and oxygen atoms in total. The van der Waals surface area contributed by atoms with Crippen LogP contribution in [-0.4, -0.2) is 22.6 Å². The van der Waals surface area contributed by atoms with E-state index >= 15 is 0 Å². The van der Waals surface area contributed by atoms with Crippen LogP contribution in [0.15, 0.2) is 35.5 Å². The van der Waals surface area contributed by atoms with Gasteiger partial charge in [-0.15, -0.1) is 11.8 Å². The average molecular weight is 333 g/mol. The monoisotopic (exact) mass is 333 g/mol. The van der Waals surface area contributed by atoms with Gasteiger partial charge in [0.25, 0.3) is 5.91 Å². The number of thioether (sulfide) groups is 1. The van der Waals surface area contributed by atoms with Crippen molar-refractivity contribution < 1.29 is 14.0 Å². The van der Waals surface area contributed by atoms with Crippen molar-refractivity contribution >= 4 is 29.3 Å². The molecule has 2 aromatic rings. The number of nitrogens with two attached hydrogens (primary N) is 1. The van der Waals surface area contributed by atoms with Crippen molar-refractivity contribution in [3.63, 3.8) is 0 Å². The van der Waals surface area contributed by atoms with Gasteiger partial charge in [0.15, 0.2) is 0 Å². The summed E-state index contributed by atoms with van der Waals surface area (Å²) in [6.45, 7) is 3.50. The number of rotatable bonds is 5. The molecule has 0 fully saturated rings. The minimum absolute atomic E-state index is 0.000330. The van der Waals surface area contributed by atoms with Crippen molar-refractivity contribution in [3.8, 4) is 0 Å². The fourth-order valence-electron chi connectivity index (χ4n) is 1.92. The molecule has 2 rings (SSSR count). The molecular weight excluding hydrogens is 317 g/mol. The van der Waals surface area contributed by atoms with Crippen LogP contribution in [0, 0.1) is 12.7 Å². The molecule has 0 unspecified atom stereocenters. The van der Waals surface area contributed by atoms with Gasteiger partial charge in [-0.2, -0.15) is 0 Å². The standard InChI is InChI=1S/C16H16FN3O2S/c1-3-23-14-8-10(4-5-19-14)16(22)20-13-7-11(15(18)21)6-12(17)9(13)2/h4-8H,3H2,1-2H3,(H2,18,21)(H,20,22). The van der Waals surface area contributed by atoms with E-state index in [4.69, 9.17) is 5.73 Å². The highest BCUT2D eigenvalue weighted by Crippen LogP contribution is 2.22.